The molecule has 0 saturated carbocycles. The Hall–Kier alpha value is -1.90. The van der Waals surface area contributed by atoms with Crippen molar-refractivity contribution in [2.24, 2.45) is 0 Å². The molecule has 0 saturated heterocycles. The molecule has 1 amide bonds. The third-order valence-electron chi connectivity index (χ3n) is 2.27. The van der Waals surface area contributed by atoms with Gasteiger partial charge in [-0.1, -0.05) is 6.08 Å². The number of hydrogen-bond acceptors (Lipinski definition) is 5. The lowest BCUT2D eigenvalue weighted by Crippen LogP contribution is -2.35. The lowest BCUT2D eigenvalue weighted by Gasteiger charge is -2.07. The van der Waals surface area contributed by atoms with Crippen molar-refractivity contribution in [1.82, 2.24) is 10.2 Å². The van der Waals surface area contributed by atoms with E-state index in [1.165, 1.54) is 29.7 Å². The monoisotopic (exact) mass is 300 g/mol. The van der Waals surface area contributed by atoms with E-state index in [0.29, 0.717) is 18.8 Å². The minimum Gasteiger partial charge on any atom is -0.493 e. The van der Waals surface area contributed by atoms with Gasteiger partial charge in [0.1, 0.15) is 5.75 Å². The minimum absolute atomic E-state index is 0.000638. The van der Waals surface area contributed by atoms with Crippen LogP contribution in [-0.2, 0) is 14.8 Å². The van der Waals surface area contributed by atoms with Gasteiger partial charge in [-0.2, -0.15) is 0 Å². The maximum absolute atomic E-state index is 11.8. The highest BCUT2D eigenvalue weighted by Gasteiger charge is 2.15. The van der Waals surface area contributed by atoms with Crippen molar-refractivity contribution < 1.29 is 23.2 Å². The summed E-state index contributed by atoms with van der Waals surface area (Å²) in [5.74, 6) is -0.308. The van der Waals surface area contributed by atoms with Gasteiger partial charge in [-0.15, -0.1) is 6.58 Å². The molecule has 0 aliphatic carbocycles. The summed E-state index contributed by atoms with van der Waals surface area (Å²) in [5.41, 5.74) is 1.33. The van der Waals surface area contributed by atoms with Crippen molar-refractivity contribution in [3.05, 3.63) is 36.9 Å². The van der Waals surface area contributed by atoms with Gasteiger partial charge in [-0.05, 0) is 30.7 Å². The predicted octanol–water partition coefficient (Wildman–Crippen LogP) is 0.425. The predicted molar refractivity (Wildman–Crippen MR) is 71.9 cm³/mol. The fourth-order valence-electron chi connectivity index (χ4n) is 1.26. The summed E-state index contributed by atoms with van der Waals surface area (Å²) in [5, 5.41) is 8.28. The lowest BCUT2D eigenvalue weighted by molar-refractivity contribution is -0.127. The molecule has 110 valence electrons. The van der Waals surface area contributed by atoms with Crippen LogP contribution in [0.25, 0.3) is 0 Å². The number of amides is 1. The first kappa shape index (κ1) is 16.2. The zero-order valence-corrected chi connectivity index (χ0v) is 11.5. The van der Waals surface area contributed by atoms with E-state index in [1.54, 1.807) is 6.08 Å². The Balaban J connectivity index is 2.66. The van der Waals surface area contributed by atoms with Crippen LogP contribution in [0.15, 0.2) is 41.8 Å². The molecule has 0 bridgehead atoms. The molecular weight excluding hydrogens is 284 g/mol. The molecule has 0 atom stereocenters. The molecule has 1 aromatic rings. The molecular formula is C12H16N2O5S. The molecule has 0 aromatic heterocycles. The number of carbonyl (C=O) groups excluding carboxylic acids is 1. The van der Waals surface area contributed by atoms with Crippen LogP contribution < -0.4 is 14.9 Å². The molecule has 0 fully saturated rings. The third kappa shape index (κ3) is 5.00. The molecule has 0 aliphatic heterocycles. The summed E-state index contributed by atoms with van der Waals surface area (Å²) >= 11 is 0. The number of ether oxygens (including phenoxy) is 1. The van der Waals surface area contributed by atoms with Gasteiger partial charge < -0.3 is 4.74 Å². The Bertz CT molecular complexity index is 554. The molecule has 0 heterocycles. The van der Waals surface area contributed by atoms with Crippen LogP contribution in [0, 0.1) is 0 Å². The zero-order chi connectivity index (χ0) is 15.0. The molecule has 1 aromatic carbocycles. The van der Waals surface area contributed by atoms with Gasteiger partial charge in [0, 0.05) is 0 Å². The summed E-state index contributed by atoms with van der Waals surface area (Å²) in [6.45, 7) is 3.48. The van der Waals surface area contributed by atoms with E-state index < -0.39 is 22.5 Å². The molecule has 0 unspecified atom stereocenters. The Morgan fingerprint density at radius 1 is 1.35 bits per heavy atom. The van der Waals surface area contributed by atoms with Crippen molar-refractivity contribution in [1.29, 1.82) is 0 Å². The van der Waals surface area contributed by atoms with Crippen LogP contribution in [0.3, 0.4) is 0 Å². The second kappa shape index (κ2) is 7.63. The molecule has 0 aliphatic rings. The summed E-state index contributed by atoms with van der Waals surface area (Å²) in [4.78, 5) is 10.8. The van der Waals surface area contributed by atoms with Crippen LogP contribution >= 0.6 is 0 Å². The van der Waals surface area contributed by atoms with Gasteiger partial charge >= 0.3 is 0 Å². The van der Waals surface area contributed by atoms with Crippen molar-refractivity contribution >= 4 is 15.9 Å². The summed E-state index contributed by atoms with van der Waals surface area (Å²) in [7, 11) is -3.80. The van der Waals surface area contributed by atoms with E-state index in [0.717, 1.165) is 0 Å². The largest absolute Gasteiger partial charge is 0.493 e. The molecule has 1 rings (SSSR count). The van der Waals surface area contributed by atoms with Gasteiger partial charge in [0.15, 0.2) is 0 Å². The number of rotatable bonds is 8. The quantitative estimate of drug-likeness (QED) is 0.279. The first-order valence-electron chi connectivity index (χ1n) is 5.76. The zero-order valence-electron chi connectivity index (χ0n) is 10.7. The van der Waals surface area contributed by atoms with Gasteiger partial charge in [0.05, 0.1) is 18.0 Å². The van der Waals surface area contributed by atoms with E-state index in [2.05, 4.69) is 6.58 Å². The second-order valence-electron chi connectivity index (χ2n) is 3.76. The second-order valence-corrected chi connectivity index (χ2v) is 5.52. The first-order valence-corrected chi connectivity index (χ1v) is 7.24. The molecule has 7 nitrogen and oxygen atoms in total. The Morgan fingerprint density at radius 3 is 2.55 bits per heavy atom. The standard InChI is InChI=1S/C12H16N2O5S/c1-2-3-8-19-10-4-6-11(7-5-10)20(17,18)13-9-12(15)14-16/h2,4-7,13,16H,1,3,8-9H2,(H,14,15). The molecule has 3 N–H and O–H groups in total. The fraction of sp³-hybridized carbons (Fsp3) is 0.250. The van der Waals surface area contributed by atoms with E-state index in [-0.39, 0.29) is 4.90 Å². The lowest BCUT2D eigenvalue weighted by atomic mass is 10.3. The SMILES string of the molecule is C=CCCOc1ccc(S(=O)(=O)NCC(=O)NO)cc1. The van der Waals surface area contributed by atoms with E-state index in [9.17, 15) is 13.2 Å². The third-order valence-corrected chi connectivity index (χ3v) is 3.69. The van der Waals surface area contributed by atoms with Crippen molar-refractivity contribution in [2.75, 3.05) is 13.2 Å². The Morgan fingerprint density at radius 2 is 2.00 bits per heavy atom. The number of hydrogen-bond donors (Lipinski definition) is 3. The molecule has 8 heteroatoms. The fourth-order valence-corrected chi connectivity index (χ4v) is 2.24. The number of nitrogens with one attached hydrogen (secondary N) is 2. The van der Waals surface area contributed by atoms with Gasteiger partial charge in [-0.25, -0.2) is 18.6 Å². The number of sulfonamides is 1. The maximum Gasteiger partial charge on any atom is 0.258 e. The van der Waals surface area contributed by atoms with E-state index in [4.69, 9.17) is 9.94 Å². The topological polar surface area (TPSA) is 105 Å². The Labute approximate surface area is 117 Å². The molecule has 20 heavy (non-hydrogen) atoms. The Kier molecular flexibility index (Phi) is 6.16. The number of benzene rings is 1. The number of carbonyl (C=O) groups is 1. The highest BCUT2D eigenvalue weighted by molar-refractivity contribution is 7.89. The van der Waals surface area contributed by atoms with Crippen molar-refractivity contribution in [2.45, 2.75) is 11.3 Å². The average Bonchev–Trinajstić information content (AvgIpc) is 2.45. The van der Waals surface area contributed by atoms with Crippen LogP contribution in [0.1, 0.15) is 6.42 Å². The summed E-state index contributed by atoms with van der Waals surface area (Å²) in [6.07, 6.45) is 2.41. The normalized spacial score (nSPS) is 10.8. The smallest absolute Gasteiger partial charge is 0.258 e. The van der Waals surface area contributed by atoms with Crippen LogP contribution in [0.4, 0.5) is 0 Å². The number of hydroxylamine groups is 1. The van der Waals surface area contributed by atoms with Gasteiger partial charge in [0.25, 0.3) is 5.91 Å². The maximum atomic E-state index is 11.8. The van der Waals surface area contributed by atoms with Gasteiger partial charge in [-0.3, -0.25) is 10.0 Å². The van der Waals surface area contributed by atoms with Gasteiger partial charge in [0.2, 0.25) is 10.0 Å². The van der Waals surface area contributed by atoms with Crippen LogP contribution in [0.2, 0.25) is 0 Å². The molecule has 0 radical (unpaired) electrons. The average molecular weight is 300 g/mol. The highest BCUT2D eigenvalue weighted by atomic mass is 32.2. The first-order chi connectivity index (χ1) is 9.49. The van der Waals surface area contributed by atoms with E-state index in [1.807, 2.05) is 4.72 Å². The summed E-state index contributed by atoms with van der Waals surface area (Å²) < 4.78 is 31.0. The highest BCUT2D eigenvalue weighted by Crippen LogP contribution is 2.15. The van der Waals surface area contributed by atoms with Crippen LogP contribution in [-0.4, -0.2) is 32.7 Å². The van der Waals surface area contributed by atoms with Crippen molar-refractivity contribution in [3.8, 4) is 5.75 Å². The van der Waals surface area contributed by atoms with Crippen LogP contribution in [0.5, 0.6) is 5.75 Å². The summed E-state index contributed by atoms with van der Waals surface area (Å²) in [6, 6.07) is 5.76. The van der Waals surface area contributed by atoms with Crippen molar-refractivity contribution in [3.63, 3.8) is 0 Å². The molecule has 0 spiro atoms. The van der Waals surface area contributed by atoms with E-state index >= 15 is 0 Å². The minimum atomic E-state index is -3.80.